The van der Waals surface area contributed by atoms with E-state index in [1.54, 1.807) is 12.3 Å². The quantitative estimate of drug-likeness (QED) is 0.146. The van der Waals surface area contributed by atoms with Crippen molar-refractivity contribution in [1.29, 1.82) is 0 Å². The molecule has 3 aromatic rings. The van der Waals surface area contributed by atoms with E-state index in [4.69, 9.17) is 9.84 Å². The van der Waals surface area contributed by atoms with Crippen molar-refractivity contribution in [3.63, 3.8) is 0 Å². The van der Waals surface area contributed by atoms with E-state index in [1.807, 2.05) is 49.5 Å². The predicted molar refractivity (Wildman–Crippen MR) is 151 cm³/mol. The average molecular weight is 532 g/mol. The van der Waals surface area contributed by atoms with Gasteiger partial charge in [-0.3, -0.25) is 14.6 Å². The van der Waals surface area contributed by atoms with Gasteiger partial charge in [-0.15, -0.1) is 0 Å². The minimum absolute atomic E-state index is 0.0220. The van der Waals surface area contributed by atoms with Gasteiger partial charge in [0.15, 0.2) is 0 Å². The number of aromatic nitrogens is 2. The molecule has 0 radical (unpaired) electrons. The largest absolute Gasteiger partial charge is 0.491 e. The van der Waals surface area contributed by atoms with Crippen LogP contribution in [0, 0.1) is 0 Å². The first-order valence-corrected chi connectivity index (χ1v) is 12.9. The van der Waals surface area contributed by atoms with E-state index in [9.17, 15) is 9.59 Å². The molecular weight excluding hydrogens is 498 g/mol. The van der Waals surface area contributed by atoms with Gasteiger partial charge in [-0.2, -0.15) is 0 Å². The summed E-state index contributed by atoms with van der Waals surface area (Å²) in [7, 11) is 1.90. The third-order valence-corrected chi connectivity index (χ3v) is 6.07. The lowest BCUT2D eigenvalue weighted by molar-refractivity contribution is -0.137. The molecule has 2 heterocycles. The van der Waals surface area contributed by atoms with Gasteiger partial charge in [0.2, 0.25) is 5.91 Å². The molecule has 1 amide bonds. The number of carbonyl (C=O) groups excluding carboxylic acids is 1. The molecule has 11 heteroatoms. The summed E-state index contributed by atoms with van der Waals surface area (Å²) < 4.78 is 5.93. The van der Waals surface area contributed by atoms with Crippen LogP contribution in [-0.4, -0.2) is 59.9 Å². The number of amides is 1. The first kappa shape index (κ1) is 27.5. The summed E-state index contributed by atoms with van der Waals surface area (Å²) in [4.78, 5) is 36.8. The number of fused-ring (bicyclic) bond motifs is 1. The van der Waals surface area contributed by atoms with Crippen molar-refractivity contribution in [2.75, 3.05) is 42.7 Å². The van der Waals surface area contributed by atoms with Crippen LogP contribution in [0.5, 0.6) is 5.75 Å². The van der Waals surface area contributed by atoms with Crippen LogP contribution in [0.15, 0.2) is 59.9 Å². The first-order valence-electron chi connectivity index (χ1n) is 12.9. The summed E-state index contributed by atoms with van der Waals surface area (Å²) in [5.41, 5.74) is 3.13. The highest BCUT2D eigenvalue weighted by molar-refractivity contribution is 6.13. The Morgan fingerprint density at radius 2 is 1.97 bits per heavy atom. The maximum atomic E-state index is 12.8. The van der Waals surface area contributed by atoms with Crippen LogP contribution in [0.1, 0.15) is 36.3 Å². The van der Waals surface area contributed by atoms with Crippen molar-refractivity contribution in [3.8, 4) is 5.75 Å². The molecule has 4 rings (SSSR count). The number of nitrogens with one attached hydrogen (secondary N) is 4. The minimum Gasteiger partial charge on any atom is -0.491 e. The Kier molecular flexibility index (Phi) is 9.79. The van der Waals surface area contributed by atoms with E-state index in [0.29, 0.717) is 48.1 Å². The van der Waals surface area contributed by atoms with Crippen molar-refractivity contribution in [2.24, 2.45) is 4.99 Å². The Hall–Kier alpha value is -4.51. The van der Waals surface area contributed by atoms with Gasteiger partial charge >= 0.3 is 5.97 Å². The van der Waals surface area contributed by atoms with E-state index in [2.05, 4.69) is 36.2 Å². The van der Waals surface area contributed by atoms with Crippen molar-refractivity contribution >= 4 is 41.1 Å². The second kappa shape index (κ2) is 13.9. The topological polar surface area (TPSA) is 150 Å². The van der Waals surface area contributed by atoms with E-state index in [0.717, 1.165) is 24.2 Å². The number of aliphatic carboxylic acids is 1. The van der Waals surface area contributed by atoms with Crippen LogP contribution in [0.3, 0.4) is 0 Å². The van der Waals surface area contributed by atoms with Gasteiger partial charge in [0.25, 0.3) is 0 Å². The normalized spacial score (nSPS) is 14.2. The molecule has 1 aliphatic heterocycles. The minimum atomic E-state index is -0.866. The fraction of sp³-hybridized carbons (Fsp3) is 0.321. The van der Waals surface area contributed by atoms with Gasteiger partial charge in [0.05, 0.1) is 23.5 Å². The second-order valence-electron chi connectivity index (χ2n) is 8.98. The molecule has 0 bridgehead atoms. The Bertz CT molecular complexity index is 1300. The second-order valence-corrected chi connectivity index (χ2v) is 8.98. The maximum absolute atomic E-state index is 12.8. The van der Waals surface area contributed by atoms with Gasteiger partial charge < -0.3 is 31.1 Å². The summed E-state index contributed by atoms with van der Waals surface area (Å²) in [6.45, 7) is 2.40. The lowest BCUT2D eigenvalue weighted by Gasteiger charge is -2.14. The number of hydrogen-bond donors (Lipinski definition) is 5. The molecule has 204 valence electrons. The average Bonchev–Trinajstić information content (AvgIpc) is 3.27. The van der Waals surface area contributed by atoms with Crippen LogP contribution in [-0.2, 0) is 16.1 Å². The molecule has 11 nitrogen and oxygen atoms in total. The SMILES string of the molecule is CNCCCNc1ncnc2c1C(C=Nc1ccc(NCc3ccccc3)c(OCCCC(=O)O)c1)C(=O)N2. The number of rotatable bonds is 15. The smallest absolute Gasteiger partial charge is 0.303 e. The molecule has 0 aliphatic carbocycles. The van der Waals surface area contributed by atoms with E-state index < -0.39 is 11.9 Å². The highest BCUT2D eigenvalue weighted by Crippen LogP contribution is 2.35. The highest BCUT2D eigenvalue weighted by Gasteiger charge is 2.33. The van der Waals surface area contributed by atoms with E-state index in [-0.39, 0.29) is 18.9 Å². The zero-order valence-electron chi connectivity index (χ0n) is 21.8. The van der Waals surface area contributed by atoms with Crippen molar-refractivity contribution in [3.05, 3.63) is 66.0 Å². The number of benzene rings is 2. The lowest BCUT2D eigenvalue weighted by atomic mass is 10.0. The molecule has 5 N–H and O–H groups in total. The number of aliphatic imine (C=N–C) groups is 1. The first-order chi connectivity index (χ1) is 19.0. The molecule has 1 aliphatic rings. The number of ether oxygens (including phenoxy) is 1. The molecule has 0 fully saturated rings. The zero-order chi connectivity index (χ0) is 27.5. The summed E-state index contributed by atoms with van der Waals surface area (Å²) in [6, 6.07) is 15.4. The lowest BCUT2D eigenvalue weighted by Crippen LogP contribution is -2.16. The van der Waals surface area contributed by atoms with Crippen LogP contribution < -0.4 is 26.0 Å². The van der Waals surface area contributed by atoms with Gasteiger partial charge in [-0.05, 0) is 44.1 Å². The van der Waals surface area contributed by atoms with Gasteiger partial charge in [0, 0.05) is 31.8 Å². The summed E-state index contributed by atoms with van der Waals surface area (Å²) >= 11 is 0. The molecule has 39 heavy (non-hydrogen) atoms. The summed E-state index contributed by atoms with van der Waals surface area (Å²) in [5, 5.41) is 21.5. The molecule has 1 aromatic heterocycles. The van der Waals surface area contributed by atoms with Crippen molar-refractivity contribution < 1.29 is 19.4 Å². The number of carboxylic acids is 1. The summed E-state index contributed by atoms with van der Waals surface area (Å²) in [5.74, 6) is -0.103. The number of anilines is 3. The molecule has 0 saturated carbocycles. The summed E-state index contributed by atoms with van der Waals surface area (Å²) in [6.07, 6.45) is 4.31. The molecule has 0 saturated heterocycles. The third-order valence-electron chi connectivity index (χ3n) is 6.07. The monoisotopic (exact) mass is 531 g/mol. The number of carbonyl (C=O) groups is 2. The zero-order valence-corrected chi connectivity index (χ0v) is 21.8. The van der Waals surface area contributed by atoms with Crippen LogP contribution >= 0.6 is 0 Å². The molecular formula is C28H33N7O4. The Labute approximate surface area is 227 Å². The van der Waals surface area contributed by atoms with Crippen LogP contribution in [0.4, 0.5) is 23.0 Å². The third kappa shape index (κ3) is 7.74. The Morgan fingerprint density at radius 1 is 1.13 bits per heavy atom. The fourth-order valence-electron chi connectivity index (χ4n) is 4.09. The van der Waals surface area contributed by atoms with Crippen LogP contribution in [0.25, 0.3) is 0 Å². The number of nitrogens with zero attached hydrogens (tertiary/aromatic N) is 3. The van der Waals surface area contributed by atoms with Gasteiger partial charge in [-0.1, -0.05) is 30.3 Å². The predicted octanol–water partition coefficient (Wildman–Crippen LogP) is 3.79. The van der Waals surface area contributed by atoms with Crippen molar-refractivity contribution in [2.45, 2.75) is 31.7 Å². The number of carboxylic acid groups (broad SMARTS) is 1. The molecule has 0 spiro atoms. The van der Waals surface area contributed by atoms with E-state index in [1.165, 1.54) is 6.33 Å². The van der Waals surface area contributed by atoms with Crippen LogP contribution in [0.2, 0.25) is 0 Å². The Balaban J connectivity index is 1.51. The maximum Gasteiger partial charge on any atom is 0.303 e. The van der Waals surface area contributed by atoms with Crippen molar-refractivity contribution in [1.82, 2.24) is 15.3 Å². The number of hydrogen-bond acceptors (Lipinski definition) is 9. The van der Waals surface area contributed by atoms with Gasteiger partial charge in [-0.25, -0.2) is 9.97 Å². The molecule has 2 aromatic carbocycles. The standard InChI is InChI=1S/C28H33N7O4/c1-29-12-6-13-30-26-25-21(28(38)35-27(25)34-18-33-26)17-31-20-10-11-22(32-16-19-7-3-2-4-8-19)23(15-20)39-14-5-9-24(36)37/h2-4,7-8,10-11,15,17-18,21,29,32H,5-6,9,12-14,16H2,1H3,(H,36,37)(H2,30,33,34,35,38). The fourth-order valence-corrected chi connectivity index (χ4v) is 4.09. The molecule has 1 unspecified atom stereocenters. The van der Waals surface area contributed by atoms with Gasteiger partial charge in [0.1, 0.15) is 29.6 Å². The Morgan fingerprint density at radius 3 is 2.77 bits per heavy atom. The van der Waals surface area contributed by atoms with E-state index >= 15 is 0 Å². The molecule has 1 atom stereocenters. The highest BCUT2D eigenvalue weighted by atomic mass is 16.5.